The van der Waals surface area contributed by atoms with Gasteiger partial charge in [0.25, 0.3) is 0 Å². The van der Waals surface area contributed by atoms with Gasteiger partial charge < -0.3 is 10.6 Å². The van der Waals surface area contributed by atoms with Crippen LogP contribution in [0.2, 0.25) is 0 Å². The summed E-state index contributed by atoms with van der Waals surface area (Å²) in [5.74, 6) is -0.607. The lowest BCUT2D eigenvalue weighted by molar-refractivity contribution is -0.137. The summed E-state index contributed by atoms with van der Waals surface area (Å²) >= 11 is 0. The molecule has 0 aromatic heterocycles. The Morgan fingerprint density at radius 1 is 1.29 bits per heavy atom. The maximum atomic E-state index is 11.8. The molecule has 0 aromatic carbocycles. The third-order valence-corrected chi connectivity index (χ3v) is 3.13. The molecule has 100 valence electrons. The smallest absolute Gasteiger partial charge is 0.346 e. The Labute approximate surface area is 99.1 Å². The van der Waals surface area contributed by atoms with Gasteiger partial charge in [0.2, 0.25) is 5.91 Å². The molecule has 0 unspecified atom stereocenters. The molecule has 1 fully saturated rings. The van der Waals surface area contributed by atoms with E-state index in [1.54, 1.807) is 0 Å². The molecule has 0 atom stereocenters. The minimum absolute atomic E-state index is 0.0499. The van der Waals surface area contributed by atoms with Gasteiger partial charge in [0.15, 0.2) is 0 Å². The Bertz CT molecular complexity index is 260. The summed E-state index contributed by atoms with van der Waals surface area (Å²) in [6.45, 7) is 1.52. The molecule has 1 aliphatic carbocycles. The molecule has 0 bridgehead atoms. The van der Waals surface area contributed by atoms with Gasteiger partial charge in [-0.05, 0) is 18.3 Å². The average Bonchev–Trinajstić information content (AvgIpc) is 2.61. The molecule has 1 aliphatic rings. The highest BCUT2D eigenvalue weighted by molar-refractivity contribution is 5.78. The molecule has 17 heavy (non-hydrogen) atoms. The van der Waals surface area contributed by atoms with E-state index in [4.69, 9.17) is 0 Å². The van der Waals surface area contributed by atoms with E-state index in [1.165, 1.54) is 12.8 Å². The Hall–Kier alpha value is -0.780. The van der Waals surface area contributed by atoms with Crippen LogP contribution < -0.4 is 10.6 Å². The van der Waals surface area contributed by atoms with E-state index in [9.17, 15) is 18.0 Å². The monoisotopic (exact) mass is 252 g/mol. The Morgan fingerprint density at radius 3 is 2.41 bits per heavy atom. The molecule has 2 N–H and O–H groups in total. The fourth-order valence-electron chi connectivity index (χ4n) is 2.14. The van der Waals surface area contributed by atoms with Gasteiger partial charge in [-0.3, -0.25) is 4.79 Å². The molecule has 6 heteroatoms. The van der Waals surface area contributed by atoms with Gasteiger partial charge in [0.1, 0.15) is 6.54 Å². The molecule has 0 spiro atoms. The first kappa shape index (κ1) is 14.3. The fourth-order valence-corrected chi connectivity index (χ4v) is 2.14. The third-order valence-electron chi connectivity index (χ3n) is 3.13. The van der Waals surface area contributed by atoms with Crippen molar-refractivity contribution in [1.82, 2.24) is 10.6 Å². The second-order valence-corrected chi connectivity index (χ2v) is 5.01. The maximum Gasteiger partial charge on any atom is 0.405 e. The highest BCUT2D eigenvalue weighted by atomic mass is 19.4. The number of rotatable bonds is 5. The van der Waals surface area contributed by atoms with Crippen LogP contribution in [0.3, 0.4) is 0 Å². The van der Waals surface area contributed by atoms with Crippen molar-refractivity contribution in [2.75, 3.05) is 19.6 Å². The number of nitrogens with one attached hydrogen (secondary N) is 2. The second kappa shape index (κ2) is 5.71. The number of halogens is 3. The van der Waals surface area contributed by atoms with Gasteiger partial charge in [-0.15, -0.1) is 0 Å². The van der Waals surface area contributed by atoms with Gasteiger partial charge in [-0.25, -0.2) is 0 Å². The average molecular weight is 252 g/mol. The summed E-state index contributed by atoms with van der Waals surface area (Å²) < 4.78 is 35.4. The lowest BCUT2D eigenvalue weighted by Crippen LogP contribution is -2.41. The first-order valence-corrected chi connectivity index (χ1v) is 5.85. The molecule has 0 aliphatic heterocycles. The van der Waals surface area contributed by atoms with Crippen molar-refractivity contribution >= 4 is 5.91 Å². The van der Waals surface area contributed by atoms with Crippen molar-refractivity contribution in [3.05, 3.63) is 0 Å². The van der Waals surface area contributed by atoms with E-state index in [-0.39, 0.29) is 12.0 Å². The zero-order valence-electron chi connectivity index (χ0n) is 9.99. The van der Waals surface area contributed by atoms with E-state index in [1.807, 2.05) is 5.32 Å². The summed E-state index contributed by atoms with van der Waals surface area (Å²) in [4.78, 5) is 11.1. The normalized spacial score (nSPS) is 19.3. The highest BCUT2D eigenvalue weighted by Crippen LogP contribution is 2.36. The number of alkyl halides is 3. The summed E-state index contributed by atoms with van der Waals surface area (Å²) in [5, 5.41) is 4.76. The molecule has 1 amide bonds. The van der Waals surface area contributed by atoms with E-state index >= 15 is 0 Å². The lowest BCUT2D eigenvalue weighted by atomic mass is 9.89. The van der Waals surface area contributed by atoms with Crippen LogP contribution in [0.1, 0.15) is 32.6 Å². The summed E-state index contributed by atoms with van der Waals surface area (Å²) in [5.41, 5.74) is 0.199. The van der Waals surface area contributed by atoms with Crippen LogP contribution in [0.4, 0.5) is 13.2 Å². The quantitative estimate of drug-likeness (QED) is 0.784. The summed E-state index contributed by atoms with van der Waals surface area (Å²) in [7, 11) is 0. The zero-order valence-corrected chi connectivity index (χ0v) is 9.99. The maximum absolute atomic E-state index is 11.8. The molecule has 1 rings (SSSR count). The predicted molar refractivity (Wildman–Crippen MR) is 58.5 cm³/mol. The van der Waals surface area contributed by atoms with Crippen molar-refractivity contribution in [2.45, 2.75) is 38.8 Å². The van der Waals surface area contributed by atoms with E-state index < -0.39 is 18.6 Å². The van der Waals surface area contributed by atoms with Crippen molar-refractivity contribution in [3.8, 4) is 0 Å². The number of amides is 1. The van der Waals surface area contributed by atoms with Crippen molar-refractivity contribution < 1.29 is 18.0 Å². The highest BCUT2D eigenvalue weighted by Gasteiger charge is 2.29. The molecule has 0 aromatic rings. The van der Waals surface area contributed by atoms with Crippen LogP contribution in [0.25, 0.3) is 0 Å². The molecular formula is C11H19F3N2O. The first-order valence-electron chi connectivity index (χ1n) is 5.85. The minimum atomic E-state index is -4.34. The van der Waals surface area contributed by atoms with Gasteiger partial charge in [-0.2, -0.15) is 13.2 Å². The minimum Gasteiger partial charge on any atom is -0.346 e. The molecule has 0 saturated heterocycles. The van der Waals surface area contributed by atoms with Crippen LogP contribution in [-0.4, -0.2) is 31.7 Å². The molecule has 0 heterocycles. The number of carbonyl (C=O) groups excluding carboxylic acids is 1. The number of hydrogen-bond donors (Lipinski definition) is 2. The van der Waals surface area contributed by atoms with Crippen LogP contribution in [-0.2, 0) is 4.79 Å². The van der Waals surface area contributed by atoms with Crippen molar-refractivity contribution in [2.24, 2.45) is 5.41 Å². The largest absolute Gasteiger partial charge is 0.405 e. The van der Waals surface area contributed by atoms with Crippen molar-refractivity contribution in [3.63, 3.8) is 0 Å². The zero-order chi connectivity index (χ0) is 12.9. The van der Waals surface area contributed by atoms with E-state index in [0.717, 1.165) is 12.8 Å². The van der Waals surface area contributed by atoms with Crippen LogP contribution in [0.15, 0.2) is 0 Å². The first-order chi connectivity index (χ1) is 7.81. The topological polar surface area (TPSA) is 41.1 Å². The molecular weight excluding hydrogens is 233 g/mol. The molecule has 3 nitrogen and oxygen atoms in total. The van der Waals surface area contributed by atoms with Gasteiger partial charge in [0, 0.05) is 6.54 Å². The Morgan fingerprint density at radius 2 is 1.88 bits per heavy atom. The van der Waals surface area contributed by atoms with E-state index in [0.29, 0.717) is 6.54 Å². The SMILES string of the molecule is CC1(CNCC(=O)NCC(F)(F)F)CCCC1. The standard InChI is InChI=1S/C11H19F3N2O/c1-10(4-2-3-5-10)7-15-6-9(17)16-8-11(12,13)14/h15H,2-8H2,1H3,(H,16,17). The van der Waals surface area contributed by atoms with Crippen molar-refractivity contribution in [1.29, 1.82) is 0 Å². The van der Waals surface area contributed by atoms with Gasteiger partial charge in [-0.1, -0.05) is 19.8 Å². The number of carbonyl (C=O) groups is 1. The Balaban J connectivity index is 2.12. The van der Waals surface area contributed by atoms with Crippen LogP contribution in [0.5, 0.6) is 0 Å². The fraction of sp³-hybridized carbons (Fsp3) is 0.909. The van der Waals surface area contributed by atoms with E-state index in [2.05, 4.69) is 12.2 Å². The Kier molecular flexibility index (Phi) is 4.80. The lowest BCUT2D eigenvalue weighted by Gasteiger charge is -2.23. The summed E-state index contributed by atoms with van der Waals surface area (Å²) in [6, 6.07) is 0. The summed E-state index contributed by atoms with van der Waals surface area (Å²) in [6.07, 6.45) is 0.276. The van der Waals surface area contributed by atoms with Crippen LogP contribution >= 0.6 is 0 Å². The van der Waals surface area contributed by atoms with Gasteiger partial charge >= 0.3 is 6.18 Å². The molecule has 0 radical (unpaired) electrons. The third kappa shape index (κ3) is 5.91. The predicted octanol–water partition coefficient (Wildman–Crippen LogP) is 1.83. The number of hydrogen-bond acceptors (Lipinski definition) is 2. The second-order valence-electron chi connectivity index (χ2n) is 5.01. The molecule has 1 saturated carbocycles. The van der Waals surface area contributed by atoms with Gasteiger partial charge in [0.05, 0.1) is 6.54 Å². The van der Waals surface area contributed by atoms with Crippen LogP contribution in [0, 0.1) is 5.41 Å².